The van der Waals surface area contributed by atoms with Gasteiger partial charge in [-0.3, -0.25) is 0 Å². The maximum atomic E-state index is 13.8. The SMILES string of the molecule is O=C(NCc1ccccc1)C(F)[Se]c1ccccc1. The Kier molecular flexibility index (Phi) is 5.13. The molecule has 2 nitrogen and oxygen atoms in total. The molecule has 0 aliphatic heterocycles. The van der Waals surface area contributed by atoms with Gasteiger partial charge < -0.3 is 0 Å². The van der Waals surface area contributed by atoms with E-state index in [0.717, 1.165) is 10.0 Å². The van der Waals surface area contributed by atoms with E-state index in [2.05, 4.69) is 5.32 Å². The second kappa shape index (κ2) is 7.07. The first-order chi connectivity index (χ1) is 9.25. The molecule has 1 unspecified atom stereocenters. The van der Waals surface area contributed by atoms with Crippen molar-refractivity contribution in [1.82, 2.24) is 5.32 Å². The fraction of sp³-hybridized carbons (Fsp3) is 0.133. The first-order valence-corrected chi connectivity index (χ1v) is 7.77. The normalized spacial score (nSPS) is 11.8. The standard InChI is InChI=1S/C15H14FNOSe/c16-14(19-13-9-5-2-6-10-13)15(18)17-11-12-7-3-1-4-8-12/h1-10,14H,11H2,(H,17,18). The van der Waals surface area contributed by atoms with E-state index in [-0.39, 0.29) is 0 Å². The average Bonchev–Trinajstić information content (AvgIpc) is 2.47. The quantitative estimate of drug-likeness (QED) is 0.833. The van der Waals surface area contributed by atoms with Crippen LogP contribution in [0.2, 0.25) is 0 Å². The minimum absolute atomic E-state index is 0.366. The molecule has 0 aliphatic carbocycles. The van der Waals surface area contributed by atoms with Gasteiger partial charge in [0.2, 0.25) is 0 Å². The van der Waals surface area contributed by atoms with Crippen molar-refractivity contribution in [3.63, 3.8) is 0 Å². The number of rotatable bonds is 5. The molecule has 1 atom stereocenters. The zero-order chi connectivity index (χ0) is 13.5. The third-order valence-electron chi connectivity index (χ3n) is 2.50. The second-order valence-electron chi connectivity index (χ2n) is 3.95. The van der Waals surface area contributed by atoms with Gasteiger partial charge in [-0.15, -0.1) is 0 Å². The van der Waals surface area contributed by atoms with Crippen molar-refractivity contribution in [3.05, 3.63) is 66.2 Å². The number of carbonyl (C=O) groups excluding carboxylic acids is 1. The van der Waals surface area contributed by atoms with Gasteiger partial charge in [0.25, 0.3) is 0 Å². The molecule has 2 aromatic rings. The van der Waals surface area contributed by atoms with Gasteiger partial charge in [0.15, 0.2) is 0 Å². The monoisotopic (exact) mass is 323 g/mol. The van der Waals surface area contributed by atoms with Gasteiger partial charge in [-0.25, -0.2) is 0 Å². The Labute approximate surface area is 118 Å². The van der Waals surface area contributed by atoms with Gasteiger partial charge >= 0.3 is 118 Å². The van der Waals surface area contributed by atoms with Crippen LogP contribution in [0, 0.1) is 0 Å². The summed E-state index contributed by atoms with van der Waals surface area (Å²) in [5.74, 6) is -0.535. The predicted octanol–water partition coefficient (Wildman–Crippen LogP) is 1.63. The number of amides is 1. The molecule has 0 saturated heterocycles. The molecule has 2 rings (SSSR count). The first kappa shape index (κ1) is 13.8. The van der Waals surface area contributed by atoms with Crippen molar-refractivity contribution in [2.75, 3.05) is 0 Å². The molecule has 0 aliphatic rings. The average molecular weight is 322 g/mol. The van der Waals surface area contributed by atoms with E-state index in [1.165, 1.54) is 0 Å². The molecule has 4 heteroatoms. The summed E-state index contributed by atoms with van der Waals surface area (Å²) in [5.41, 5.74) is 0.968. The van der Waals surface area contributed by atoms with Crippen LogP contribution >= 0.6 is 0 Å². The molecule has 19 heavy (non-hydrogen) atoms. The van der Waals surface area contributed by atoms with Crippen molar-refractivity contribution in [2.24, 2.45) is 0 Å². The number of alkyl halides is 1. The van der Waals surface area contributed by atoms with Crippen LogP contribution in [0.15, 0.2) is 60.7 Å². The van der Waals surface area contributed by atoms with Gasteiger partial charge in [-0.05, 0) is 0 Å². The molecule has 0 aromatic heterocycles. The van der Waals surface area contributed by atoms with E-state index in [1.54, 1.807) is 0 Å². The minimum atomic E-state index is -1.45. The first-order valence-electron chi connectivity index (χ1n) is 5.93. The molecule has 1 amide bonds. The summed E-state index contributed by atoms with van der Waals surface area (Å²) in [7, 11) is 0. The molecule has 1 N–H and O–H groups in total. The number of hydrogen-bond acceptors (Lipinski definition) is 1. The van der Waals surface area contributed by atoms with Crippen LogP contribution in [0.25, 0.3) is 0 Å². The number of hydrogen-bond donors (Lipinski definition) is 1. The number of carbonyl (C=O) groups is 1. The van der Waals surface area contributed by atoms with E-state index in [4.69, 9.17) is 0 Å². The van der Waals surface area contributed by atoms with Crippen LogP contribution in [0.3, 0.4) is 0 Å². The Morgan fingerprint density at radius 2 is 1.63 bits per heavy atom. The number of halogens is 1. The summed E-state index contributed by atoms with van der Waals surface area (Å²) in [6, 6.07) is 18.8. The zero-order valence-electron chi connectivity index (χ0n) is 10.3. The van der Waals surface area contributed by atoms with E-state index in [1.807, 2.05) is 60.7 Å². The topological polar surface area (TPSA) is 29.1 Å². The molecule has 0 saturated carbocycles. The molecular weight excluding hydrogens is 308 g/mol. The molecule has 0 fully saturated rings. The molecular formula is C15H14FNOSe. The third-order valence-corrected chi connectivity index (χ3v) is 4.52. The van der Waals surface area contributed by atoms with E-state index >= 15 is 0 Å². The third kappa shape index (κ3) is 4.51. The van der Waals surface area contributed by atoms with Crippen LogP contribution in [0.1, 0.15) is 5.56 Å². The van der Waals surface area contributed by atoms with Gasteiger partial charge in [-0.1, -0.05) is 0 Å². The molecule has 0 heterocycles. The van der Waals surface area contributed by atoms with Crippen molar-refractivity contribution in [2.45, 2.75) is 11.6 Å². The number of benzene rings is 2. The number of nitrogens with one attached hydrogen (secondary N) is 1. The van der Waals surface area contributed by atoms with Crippen molar-refractivity contribution in [3.8, 4) is 0 Å². The van der Waals surface area contributed by atoms with Crippen LogP contribution < -0.4 is 9.78 Å². The van der Waals surface area contributed by atoms with Crippen LogP contribution in [0.5, 0.6) is 0 Å². The Morgan fingerprint density at radius 3 is 2.26 bits per heavy atom. The summed E-state index contributed by atoms with van der Waals surface area (Å²) in [5, 5.41) is 1.17. The Bertz CT molecular complexity index is 518. The van der Waals surface area contributed by atoms with E-state index in [9.17, 15) is 9.18 Å². The summed E-state index contributed by atoms with van der Waals surface area (Å²) in [4.78, 5) is 11.7. The Hall–Kier alpha value is -1.64. The summed E-state index contributed by atoms with van der Waals surface area (Å²) < 4.78 is 14.7. The van der Waals surface area contributed by atoms with Gasteiger partial charge in [0.05, 0.1) is 0 Å². The molecule has 0 spiro atoms. The fourth-order valence-corrected chi connectivity index (χ4v) is 3.10. The molecule has 0 radical (unpaired) electrons. The van der Waals surface area contributed by atoms with Gasteiger partial charge in [0, 0.05) is 0 Å². The molecule has 98 valence electrons. The Balaban J connectivity index is 1.83. The zero-order valence-corrected chi connectivity index (χ0v) is 12.0. The van der Waals surface area contributed by atoms with Crippen LogP contribution in [-0.4, -0.2) is 25.9 Å². The van der Waals surface area contributed by atoms with Gasteiger partial charge in [-0.2, -0.15) is 0 Å². The summed E-state index contributed by atoms with van der Waals surface area (Å²) >= 11 is -0.484. The second-order valence-corrected chi connectivity index (χ2v) is 6.30. The van der Waals surface area contributed by atoms with Crippen molar-refractivity contribution < 1.29 is 9.18 Å². The predicted molar refractivity (Wildman–Crippen MR) is 75.0 cm³/mol. The van der Waals surface area contributed by atoms with Gasteiger partial charge in [0.1, 0.15) is 0 Å². The summed E-state index contributed by atoms with van der Waals surface area (Å²) in [6.45, 7) is 0.366. The molecule has 0 bridgehead atoms. The van der Waals surface area contributed by atoms with Crippen LogP contribution in [0.4, 0.5) is 4.39 Å². The fourth-order valence-electron chi connectivity index (χ4n) is 1.54. The van der Waals surface area contributed by atoms with Crippen molar-refractivity contribution in [1.29, 1.82) is 0 Å². The Morgan fingerprint density at radius 1 is 1.05 bits per heavy atom. The van der Waals surface area contributed by atoms with Crippen LogP contribution in [-0.2, 0) is 11.3 Å². The molecule has 2 aromatic carbocycles. The summed E-state index contributed by atoms with van der Waals surface area (Å²) in [6.07, 6.45) is 0. The van der Waals surface area contributed by atoms with E-state index in [0.29, 0.717) is 6.54 Å². The van der Waals surface area contributed by atoms with Crippen molar-refractivity contribution >= 4 is 25.3 Å². The van der Waals surface area contributed by atoms with E-state index < -0.39 is 25.9 Å². The maximum absolute atomic E-state index is 13.8.